The normalized spacial score (nSPS) is 19.3. The van der Waals surface area contributed by atoms with E-state index >= 15 is 14.4 Å². The molecule has 0 aliphatic carbocycles. The lowest BCUT2D eigenvalue weighted by Gasteiger charge is -2.33. The number of likely N-dealkylation sites (tertiary alicyclic amines) is 2. The van der Waals surface area contributed by atoms with E-state index in [4.69, 9.17) is 31.5 Å². The van der Waals surface area contributed by atoms with Crippen molar-refractivity contribution >= 4 is 136 Å². The van der Waals surface area contributed by atoms with Crippen molar-refractivity contribution in [3.05, 3.63) is 47.8 Å². The smallest absolute Gasteiger partial charge is 0.317 e. The van der Waals surface area contributed by atoms with Crippen LogP contribution in [0.5, 0.6) is 0 Å². The van der Waals surface area contributed by atoms with E-state index in [1.165, 1.54) is 48.3 Å². The van der Waals surface area contributed by atoms with E-state index in [1.54, 1.807) is 42.8 Å². The molecular formula is C92H143N21O25. The summed E-state index contributed by atoms with van der Waals surface area (Å²) in [6, 6.07) is -7.96. The quantitative estimate of drug-likeness (QED) is 0.0231. The lowest BCUT2D eigenvalue weighted by atomic mass is 10.0. The Morgan fingerprint density at radius 1 is 0.551 bits per heavy atom. The number of unbranched alkanes of at least 4 members (excludes halogenated alkanes) is 15. The Labute approximate surface area is 801 Å². The van der Waals surface area contributed by atoms with Gasteiger partial charge >= 0.3 is 23.9 Å². The van der Waals surface area contributed by atoms with Crippen LogP contribution in [0.2, 0.25) is 0 Å². The fourth-order valence-electron chi connectivity index (χ4n) is 16.7. The topological polar surface area (TPSA) is 694 Å². The van der Waals surface area contributed by atoms with Crippen LogP contribution >= 0.6 is 0 Å². The summed E-state index contributed by atoms with van der Waals surface area (Å²) in [6.45, 7) is -0.799. The molecule has 4 aliphatic rings. The molecule has 138 heavy (non-hydrogen) atoms. The number of hydrogen-bond acceptors (Lipinski definition) is 24. The van der Waals surface area contributed by atoms with Gasteiger partial charge in [0.25, 0.3) is 0 Å². The van der Waals surface area contributed by atoms with Gasteiger partial charge in [0.15, 0.2) is 5.96 Å². The lowest BCUT2D eigenvalue weighted by Crippen LogP contribution is -2.60. The minimum Gasteiger partial charge on any atom is -0.481 e. The van der Waals surface area contributed by atoms with Gasteiger partial charge in [-0.25, -0.2) is 0 Å². The third-order valence-electron chi connectivity index (χ3n) is 23.9. The number of aliphatic carboxylic acids is 4. The highest BCUT2D eigenvalue weighted by Crippen LogP contribution is 2.28. The van der Waals surface area contributed by atoms with Crippen molar-refractivity contribution in [3.63, 3.8) is 0 Å². The number of carboxylic acids is 4. The maximum atomic E-state index is 15.5. The highest BCUT2D eigenvalue weighted by atomic mass is 16.5. The average Bonchev–Trinajstić information content (AvgIpc) is 1.63. The van der Waals surface area contributed by atoms with E-state index in [9.17, 15) is 92.0 Å². The maximum Gasteiger partial charge on any atom is 0.317 e. The second-order valence-corrected chi connectivity index (χ2v) is 35.1. The zero-order valence-electron chi connectivity index (χ0n) is 79.0. The Kier molecular flexibility index (Phi) is 52.5. The Bertz CT molecular complexity index is 4450. The Hall–Kier alpha value is -12.8. The molecule has 0 bridgehead atoms. The first kappa shape index (κ1) is 114. The van der Waals surface area contributed by atoms with Crippen molar-refractivity contribution in [2.24, 2.45) is 16.5 Å². The van der Waals surface area contributed by atoms with Crippen LogP contribution in [0.15, 0.2) is 47.2 Å². The number of allylic oxidation sites excluding steroid dienone is 1. The number of hydrogen-bond donors (Lipinski definition) is 21. The van der Waals surface area contributed by atoms with Gasteiger partial charge in [-0.1, -0.05) is 101 Å². The van der Waals surface area contributed by atoms with Crippen molar-refractivity contribution in [1.82, 2.24) is 88.8 Å². The Morgan fingerprint density at radius 2 is 1.14 bits per heavy atom. The first-order valence-electron chi connectivity index (χ1n) is 48.1. The number of amides is 15. The summed E-state index contributed by atoms with van der Waals surface area (Å²) in [6.07, 6.45) is 19.1. The number of guanidine groups is 1. The summed E-state index contributed by atoms with van der Waals surface area (Å²) in [5.74, 6) is -17.5. The van der Waals surface area contributed by atoms with Gasteiger partial charge in [-0.3, -0.25) is 106 Å². The number of nitrogens with two attached hydrogens (primary N) is 2. The van der Waals surface area contributed by atoms with Crippen molar-refractivity contribution in [1.29, 1.82) is 5.41 Å². The van der Waals surface area contributed by atoms with Gasteiger partial charge in [0.2, 0.25) is 88.6 Å². The van der Waals surface area contributed by atoms with Crippen LogP contribution < -0.4 is 80.6 Å². The Morgan fingerprint density at radius 3 is 1.79 bits per heavy atom. The molecule has 1 aromatic heterocycles. The Balaban J connectivity index is 1.10. The van der Waals surface area contributed by atoms with Crippen molar-refractivity contribution < 1.29 is 121 Å². The van der Waals surface area contributed by atoms with Crippen LogP contribution in [0.3, 0.4) is 0 Å². The summed E-state index contributed by atoms with van der Waals surface area (Å²) < 4.78 is 11.0. The number of carbonyl (C=O) groups excluding carboxylic acids is 15. The number of nitrogens with one attached hydrogen (secondary N) is 15. The fraction of sp³-hybridized carbons (Fsp3) is 0.663. The number of benzene rings is 1. The standard InChI is InChI=1S/C92H143N21O25/c1-59(114)103-67-38-39-75(116)97-42-24-33-68(107-87(132)69(51-60-54-101-63-29-17-16-28-62(60)63)108-84(129)65(32-23-43-100-92(94)95)104-76(117)55-102-83(128)70(109-86(67)131)52-61-27-22-41-96-61)90(135)113-47-26-35-73(113)91(136)112-46-25-34-72(112)89(134)110-71(53-79(121)122)88(133)106-66(31-19-21-45-111(56-80(123)124)57-81(125)126)85(130)105-64(82(93)127)30-18-20-40-98-77(118)58-138-50-49-137-48-44-99-74(115)36-14-12-10-8-6-4-2-3-5-7-9-11-13-15-37-78(119)120/h16-17,27-29,41,54,64-73,101H,2-15,18-26,30-40,42-53,55-58H2,1H3,(H2,93,127)(H,97,116)(H,98,118)(H,99,115)(H,102,128)(H,103,114)(H,104,117)(H,105,130)(H,106,133)(H,107,132)(H,108,129)(H,109,131)(H,110,134)(H,119,120)(H,121,122)(H,123,124)(H,125,126)(H4,94,95,100)/t64-,65-,66-,67-,68-,69-,70-,71-,72-,73-/m0/s1. The van der Waals surface area contributed by atoms with E-state index in [0.29, 0.717) is 41.5 Å². The summed E-state index contributed by atoms with van der Waals surface area (Å²) >= 11 is 0. The molecule has 766 valence electrons. The molecule has 6 rings (SSSR count). The molecule has 3 fully saturated rings. The van der Waals surface area contributed by atoms with E-state index in [-0.39, 0.29) is 194 Å². The number of aromatic nitrogens is 1. The van der Waals surface area contributed by atoms with Gasteiger partial charge in [0.05, 0.1) is 45.9 Å². The van der Waals surface area contributed by atoms with E-state index < -0.39 is 199 Å². The molecule has 5 heterocycles. The molecule has 4 aliphatic heterocycles. The van der Waals surface area contributed by atoms with Crippen molar-refractivity contribution in [2.45, 2.75) is 298 Å². The van der Waals surface area contributed by atoms with E-state index in [1.807, 2.05) is 0 Å². The molecule has 0 saturated carbocycles. The monoisotopic (exact) mass is 1940 g/mol. The third-order valence-corrected chi connectivity index (χ3v) is 23.9. The SMILES string of the molecule is CC(=O)N[C@H]1CCC(=O)NCCC[C@@H](C(=O)N2CCC[C@H]2C(=O)N2CCC[C@H]2C(=O)N[C@@H](CC(=O)O)C(=O)N[C@@H](CCCCN(CC(=O)O)CC(=O)O)C(=O)N[C@@H](CCCCNC(=O)COCCOCCNC(=O)CCCCCCCCCCCCCCCCC(=O)O)C(N)=O)NC(=O)[C@H](Cc2c[nH]c3ccccc23)NC(=O)[C@H](CCCNC(=N)N)NC(=O)CNC(=O)[C@H](CC2=CCC=N2)NC1=O. The summed E-state index contributed by atoms with van der Waals surface area (Å²) in [4.78, 5) is 268. The molecule has 0 unspecified atom stereocenters. The molecular weight excluding hydrogens is 1800 g/mol. The van der Waals surface area contributed by atoms with Gasteiger partial charge in [0.1, 0.15) is 67.0 Å². The van der Waals surface area contributed by atoms with Crippen LogP contribution in [0, 0.1) is 5.41 Å². The summed E-state index contributed by atoms with van der Waals surface area (Å²) in [5.41, 5.74) is 12.9. The largest absolute Gasteiger partial charge is 0.481 e. The van der Waals surface area contributed by atoms with Crippen LogP contribution in [-0.4, -0.2) is 317 Å². The van der Waals surface area contributed by atoms with Crippen molar-refractivity contribution in [2.75, 3.05) is 91.9 Å². The lowest BCUT2D eigenvalue weighted by molar-refractivity contribution is -0.148. The van der Waals surface area contributed by atoms with E-state index in [0.717, 1.165) is 63.2 Å². The molecule has 1 aromatic carbocycles. The molecule has 0 spiro atoms. The minimum atomic E-state index is -1.97. The number of aliphatic imine (C=N–C) groups is 1. The second-order valence-electron chi connectivity index (χ2n) is 35.1. The zero-order chi connectivity index (χ0) is 101. The average molecular weight is 1940 g/mol. The number of aromatic amines is 1. The molecule has 0 radical (unpaired) electrons. The third kappa shape index (κ3) is 44.6. The number of para-hydroxylation sites is 1. The van der Waals surface area contributed by atoms with Crippen LogP contribution in [-0.2, 0) is 107 Å². The number of ether oxygens (including phenoxy) is 2. The van der Waals surface area contributed by atoms with Gasteiger partial charge < -0.3 is 125 Å². The molecule has 15 amide bonds. The first-order valence-corrected chi connectivity index (χ1v) is 48.1. The van der Waals surface area contributed by atoms with E-state index in [2.05, 4.69) is 79.1 Å². The van der Waals surface area contributed by atoms with Crippen molar-refractivity contribution in [3.8, 4) is 0 Å². The molecule has 2 aromatic rings. The molecule has 46 nitrogen and oxygen atoms in total. The van der Waals surface area contributed by atoms with Gasteiger partial charge in [-0.05, 0) is 127 Å². The number of rotatable bonds is 59. The molecule has 10 atom stereocenters. The van der Waals surface area contributed by atoms with Gasteiger partial charge in [-0.2, -0.15) is 0 Å². The number of carboxylic acid groups (broad SMARTS) is 4. The first-order chi connectivity index (χ1) is 66.2. The number of carbonyl (C=O) groups is 19. The van der Waals surface area contributed by atoms with Crippen LogP contribution in [0.1, 0.15) is 237 Å². The number of fused-ring (bicyclic) bond motifs is 1. The fourth-order valence-corrected chi connectivity index (χ4v) is 16.7. The highest BCUT2D eigenvalue weighted by molar-refractivity contribution is 6.01. The van der Waals surface area contributed by atoms with Crippen LogP contribution in [0.4, 0.5) is 0 Å². The molecule has 3 saturated heterocycles. The minimum absolute atomic E-state index is 0.0166. The molecule has 46 heteroatoms. The second kappa shape index (κ2) is 63.6. The predicted molar refractivity (Wildman–Crippen MR) is 502 cm³/mol. The van der Waals surface area contributed by atoms with Gasteiger partial charge in [-0.15, -0.1) is 0 Å². The summed E-state index contributed by atoms with van der Waals surface area (Å²) in [7, 11) is 0. The number of nitrogens with zero attached hydrogens (tertiary/aromatic N) is 4. The van der Waals surface area contributed by atoms with Gasteiger partial charge in [0, 0.05) is 114 Å². The number of primary amides is 1. The molecule has 23 N–H and O–H groups in total. The predicted octanol–water partition coefficient (Wildman–Crippen LogP) is -0.228. The zero-order valence-corrected chi connectivity index (χ0v) is 79.0. The number of H-pyrrole nitrogens is 1. The highest BCUT2D eigenvalue weighted by Gasteiger charge is 2.46. The summed E-state index contributed by atoms with van der Waals surface area (Å²) in [5, 5.41) is 80.4. The van der Waals surface area contributed by atoms with Crippen LogP contribution in [0.25, 0.3) is 10.9 Å². The maximum absolute atomic E-state index is 15.5.